The number of benzene rings is 3. The molecule has 106 valence electrons. The third-order valence-electron chi connectivity index (χ3n) is 3.24. The highest BCUT2D eigenvalue weighted by Crippen LogP contribution is 2.32. The van der Waals surface area contributed by atoms with Crippen molar-refractivity contribution in [2.45, 2.75) is 11.8 Å². The minimum absolute atomic E-state index is 0.640. The van der Waals surface area contributed by atoms with Crippen LogP contribution in [0.25, 0.3) is 10.8 Å². The standard InChI is InChI=1S/C17H13Cl2NS/c1-11-6-7-12-4-2-3-5-16(12)17(11)20-21-15-9-13(18)8-14(19)10-15/h2-10,20H,1H3. The van der Waals surface area contributed by atoms with E-state index in [-0.39, 0.29) is 0 Å². The molecule has 0 spiro atoms. The summed E-state index contributed by atoms with van der Waals surface area (Å²) >= 11 is 13.6. The Labute approximate surface area is 138 Å². The number of halogens is 2. The summed E-state index contributed by atoms with van der Waals surface area (Å²) in [4.78, 5) is 0.986. The lowest BCUT2D eigenvalue weighted by atomic mass is 10.1. The topological polar surface area (TPSA) is 12.0 Å². The number of hydrogen-bond donors (Lipinski definition) is 1. The van der Waals surface area contributed by atoms with Crippen LogP contribution in [0.1, 0.15) is 5.56 Å². The van der Waals surface area contributed by atoms with Crippen LogP contribution < -0.4 is 4.72 Å². The highest BCUT2D eigenvalue weighted by atomic mass is 35.5. The van der Waals surface area contributed by atoms with Gasteiger partial charge < -0.3 is 4.72 Å². The Balaban J connectivity index is 1.93. The summed E-state index contributed by atoms with van der Waals surface area (Å²) in [6.45, 7) is 2.10. The molecule has 0 amide bonds. The Morgan fingerprint density at radius 3 is 2.38 bits per heavy atom. The van der Waals surface area contributed by atoms with Gasteiger partial charge in [0.05, 0.1) is 5.69 Å². The Morgan fingerprint density at radius 1 is 0.905 bits per heavy atom. The molecule has 0 saturated carbocycles. The average molecular weight is 334 g/mol. The summed E-state index contributed by atoms with van der Waals surface area (Å²) in [7, 11) is 0. The lowest BCUT2D eigenvalue weighted by Gasteiger charge is -2.12. The smallest absolute Gasteiger partial charge is 0.0551 e. The van der Waals surface area contributed by atoms with Gasteiger partial charge in [-0.15, -0.1) is 0 Å². The van der Waals surface area contributed by atoms with E-state index in [4.69, 9.17) is 23.2 Å². The van der Waals surface area contributed by atoms with Crippen molar-refractivity contribution in [3.8, 4) is 0 Å². The molecule has 0 heterocycles. The van der Waals surface area contributed by atoms with Gasteiger partial charge in [-0.3, -0.25) is 0 Å². The monoisotopic (exact) mass is 333 g/mol. The molecule has 0 atom stereocenters. The molecule has 0 unspecified atom stereocenters. The van der Waals surface area contributed by atoms with Crippen LogP contribution in [-0.2, 0) is 0 Å². The van der Waals surface area contributed by atoms with E-state index in [0.717, 1.165) is 10.6 Å². The van der Waals surface area contributed by atoms with Crippen LogP contribution in [0, 0.1) is 6.92 Å². The lowest BCUT2D eigenvalue weighted by Crippen LogP contribution is -1.92. The SMILES string of the molecule is Cc1ccc2ccccc2c1NSc1cc(Cl)cc(Cl)c1. The van der Waals surface area contributed by atoms with Gasteiger partial charge in [0.25, 0.3) is 0 Å². The van der Waals surface area contributed by atoms with Crippen LogP contribution in [0.15, 0.2) is 59.5 Å². The summed E-state index contributed by atoms with van der Waals surface area (Å²) in [5.74, 6) is 0. The van der Waals surface area contributed by atoms with Gasteiger partial charge in [-0.2, -0.15) is 0 Å². The molecule has 0 bridgehead atoms. The highest BCUT2D eigenvalue weighted by Gasteiger charge is 2.06. The molecule has 4 heteroatoms. The van der Waals surface area contributed by atoms with E-state index in [1.165, 1.54) is 28.3 Å². The maximum atomic E-state index is 6.03. The molecular formula is C17H13Cl2NS. The first kappa shape index (κ1) is 14.6. The van der Waals surface area contributed by atoms with E-state index < -0.39 is 0 Å². The third kappa shape index (κ3) is 3.29. The highest BCUT2D eigenvalue weighted by molar-refractivity contribution is 8.00. The van der Waals surface area contributed by atoms with E-state index >= 15 is 0 Å². The second kappa shape index (κ2) is 6.18. The third-order valence-corrected chi connectivity index (χ3v) is 4.46. The molecule has 0 fully saturated rings. The van der Waals surface area contributed by atoms with Crippen molar-refractivity contribution in [1.82, 2.24) is 0 Å². The molecule has 0 aliphatic rings. The molecule has 0 aliphatic heterocycles. The molecule has 0 aromatic heterocycles. The molecular weight excluding hydrogens is 321 g/mol. The van der Waals surface area contributed by atoms with Crippen molar-refractivity contribution in [3.05, 3.63) is 70.2 Å². The summed E-state index contributed by atoms with van der Waals surface area (Å²) < 4.78 is 3.43. The van der Waals surface area contributed by atoms with Gasteiger partial charge in [-0.1, -0.05) is 59.6 Å². The average Bonchev–Trinajstić information content (AvgIpc) is 2.45. The normalized spacial score (nSPS) is 10.8. The van der Waals surface area contributed by atoms with Crippen LogP contribution in [0.5, 0.6) is 0 Å². The van der Waals surface area contributed by atoms with Crippen molar-refractivity contribution in [1.29, 1.82) is 0 Å². The van der Waals surface area contributed by atoms with Crippen molar-refractivity contribution >= 4 is 51.6 Å². The van der Waals surface area contributed by atoms with E-state index in [0.29, 0.717) is 10.0 Å². The van der Waals surface area contributed by atoms with Gasteiger partial charge in [0, 0.05) is 20.3 Å². The van der Waals surface area contributed by atoms with Crippen molar-refractivity contribution in [2.75, 3.05) is 4.72 Å². The van der Waals surface area contributed by atoms with E-state index in [1.54, 1.807) is 6.07 Å². The van der Waals surface area contributed by atoms with Crippen LogP contribution in [0.2, 0.25) is 10.0 Å². The lowest BCUT2D eigenvalue weighted by molar-refractivity contribution is 1.45. The summed E-state index contributed by atoms with van der Waals surface area (Å²) in [5, 5.41) is 3.70. The predicted octanol–water partition coefficient (Wildman–Crippen LogP) is 6.57. The van der Waals surface area contributed by atoms with Gasteiger partial charge in [0.15, 0.2) is 0 Å². The van der Waals surface area contributed by atoms with Crippen LogP contribution >= 0.6 is 35.1 Å². The number of hydrogen-bond acceptors (Lipinski definition) is 2. The quantitative estimate of drug-likeness (QED) is 0.543. The molecule has 3 aromatic carbocycles. The van der Waals surface area contributed by atoms with Crippen LogP contribution in [0.3, 0.4) is 0 Å². The second-order valence-corrected chi connectivity index (χ2v) is 6.54. The van der Waals surface area contributed by atoms with Crippen molar-refractivity contribution in [2.24, 2.45) is 0 Å². The Hall–Kier alpha value is -1.35. The number of nitrogens with one attached hydrogen (secondary N) is 1. The second-order valence-electron chi connectivity index (χ2n) is 4.79. The fourth-order valence-corrected chi connectivity index (χ4v) is 3.73. The molecule has 1 nitrogen and oxygen atoms in total. The van der Waals surface area contributed by atoms with E-state index in [9.17, 15) is 0 Å². The van der Waals surface area contributed by atoms with Crippen molar-refractivity contribution in [3.63, 3.8) is 0 Å². The predicted molar refractivity (Wildman–Crippen MR) is 94.6 cm³/mol. The fraction of sp³-hybridized carbons (Fsp3) is 0.0588. The number of rotatable bonds is 3. The molecule has 3 aromatic rings. The molecule has 1 N–H and O–H groups in total. The first-order valence-corrected chi connectivity index (χ1v) is 8.08. The summed E-state index contributed by atoms with van der Waals surface area (Å²) in [6, 6.07) is 18.1. The Bertz CT molecular complexity index is 782. The van der Waals surface area contributed by atoms with Gasteiger partial charge in [-0.25, -0.2) is 0 Å². The van der Waals surface area contributed by atoms with Crippen LogP contribution in [-0.4, -0.2) is 0 Å². The minimum atomic E-state index is 0.640. The van der Waals surface area contributed by atoms with E-state index in [1.807, 2.05) is 24.3 Å². The molecule has 0 saturated heterocycles. The minimum Gasteiger partial charge on any atom is -0.325 e. The summed E-state index contributed by atoms with van der Waals surface area (Å²) in [6.07, 6.45) is 0. The number of anilines is 1. The van der Waals surface area contributed by atoms with Gasteiger partial charge in [-0.05, 0) is 48.0 Å². The Kier molecular flexibility index (Phi) is 4.29. The number of fused-ring (bicyclic) bond motifs is 1. The fourth-order valence-electron chi connectivity index (χ4n) is 2.21. The molecule has 3 rings (SSSR count). The maximum Gasteiger partial charge on any atom is 0.0551 e. The van der Waals surface area contributed by atoms with Crippen molar-refractivity contribution < 1.29 is 0 Å². The number of aryl methyl sites for hydroxylation is 1. The first-order chi connectivity index (χ1) is 10.1. The van der Waals surface area contributed by atoms with E-state index in [2.05, 4.69) is 35.9 Å². The van der Waals surface area contributed by atoms with Gasteiger partial charge >= 0.3 is 0 Å². The Morgan fingerprint density at radius 2 is 1.62 bits per heavy atom. The van der Waals surface area contributed by atoms with Gasteiger partial charge in [0.1, 0.15) is 0 Å². The van der Waals surface area contributed by atoms with Gasteiger partial charge in [0.2, 0.25) is 0 Å². The first-order valence-electron chi connectivity index (χ1n) is 6.51. The molecule has 0 aliphatic carbocycles. The van der Waals surface area contributed by atoms with Crippen LogP contribution in [0.4, 0.5) is 5.69 Å². The zero-order valence-corrected chi connectivity index (χ0v) is 13.7. The molecule has 0 radical (unpaired) electrons. The summed E-state index contributed by atoms with van der Waals surface area (Å²) in [5.41, 5.74) is 2.32. The molecule has 21 heavy (non-hydrogen) atoms. The zero-order valence-electron chi connectivity index (χ0n) is 11.4. The largest absolute Gasteiger partial charge is 0.325 e. The maximum absolute atomic E-state index is 6.03. The zero-order chi connectivity index (χ0) is 14.8.